The van der Waals surface area contributed by atoms with Crippen LogP contribution in [-0.4, -0.2) is 15.9 Å². The van der Waals surface area contributed by atoms with Gasteiger partial charge >= 0.3 is 0 Å². The van der Waals surface area contributed by atoms with Crippen LogP contribution in [0.1, 0.15) is 21.0 Å². The number of fused-ring (bicyclic) bond motifs is 1. The number of aryl methyl sites for hydroxylation is 1. The smallest absolute Gasteiger partial charge is 0.262 e. The van der Waals surface area contributed by atoms with E-state index in [0.717, 1.165) is 8.66 Å². The predicted molar refractivity (Wildman–Crippen MR) is 82.6 cm³/mol. The summed E-state index contributed by atoms with van der Waals surface area (Å²) in [7, 11) is 0. The topological polar surface area (TPSA) is 88.0 Å². The van der Waals surface area contributed by atoms with Crippen LogP contribution >= 0.6 is 27.3 Å². The summed E-state index contributed by atoms with van der Waals surface area (Å²) in [6.07, 6.45) is 1.25. The number of hydrogen-bond acceptors (Lipinski definition) is 5. The predicted octanol–water partition coefficient (Wildman–Crippen LogP) is 2.58. The molecule has 2 N–H and O–H groups in total. The number of carbonyl (C=O) groups excluding carboxylic acids is 1. The van der Waals surface area contributed by atoms with Crippen LogP contribution in [0.25, 0.3) is 11.1 Å². The maximum atomic E-state index is 12.3. The molecule has 0 saturated carbocycles. The average Bonchev–Trinajstić information content (AvgIpc) is 3.00. The van der Waals surface area contributed by atoms with Gasteiger partial charge in [0.25, 0.3) is 11.5 Å². The summed E-state index contributed by atoms with van der Waals surface area (Å²) >= 11 is 4.90. The minimum absolute atomic E-state index is 0.167. The van der Waals surface area contributed by atoms with Crippen LogP contribution < -0.4 is 10.9 Å². The van der Waals surface area contributed by atoms with Gasteiger partial charge in [-0.25, -0.2) is 4.98 Å². The Morgan fingerprint density at radius 3 is 3.05 bits per heavy atom. The Hall–Kier alpha value is -1.93. The number of carbonyl (C=O) groups is 1. The standard InChI is InChI=1S/C13H10BrN3O3S/c1-6-9(10-12(19)16-5-17-13(10)20-6)11(18)15-4-7-2-3-8(14)21-7/h2-3,5H,4H2,1H3,(H,15,18)(H,16,17,19). The SMILES string of the molecule is Cc1oc2nc[nH]c(=O)c2c1C(=O)NCc1ccc(Br)s1. The fourth-order valence-corrected chi connectivity index (χ4v) is 3.45. The number of furan rings is 1. The van der Waals surface area contributed by atoms with Gasteiger partial charge < -0.3 is 14.7 Å². The molecule has 3 aromatic heterocycles. The maximum Gasteiger partial charge on any atom is 0.262 e. The first kappa shape index (κ1) is 14.0. The lowest BCUT2D eigenvalue weighted by molar-refractivity contribution is 0.0951. The molecule has 0 aliphatic heterocycles. The number of nitrogens with zero attached hydrogens (tertiary/aromatic N) is 1. The molecule has 0 aliphatic rings. The molecule has 0 spiro atoms. The van der Waals surface area contributed by atoms with Crippen molar-refractivity contribution in [3.05, 3.63) is 48.8 Å². The van der Waals surface area contributed by atoms with E-state index < -0.39 is 0 Å². The average molecular weight is 368 g/mol. The summed E-state index contributed by atoms with van der Waals surface area (Å²) in [6.45, 7) is 2.02. The second-order valence-electron chi connectivity index (χ2n) is 4.33. The zero-order valence-electron chi connectivity index (χ0n) is 10.9. The number of halogens is 1. The van der Waals surface area contributed by atoms with E-state index in [1.54, 1.807) is 6.92 Å². The maximum absolute atomic E-state index is 12.3. The molecule has 0 fully saturated rings. The lowest BCUT2D eigenvalue weighted by Gasteiger charge is -2.02. The van der Waals surface area contributed by atoms with Gasteiger partial charge in [-0.3, -0.25) is 9.59 Å². The fourth-order valence-electron chi connectivity index (χ4n) is 2.03. The number of H-pyrrole nitrogens is 1. The van der Waals surface area contributed by atoms with Crippen molar-refractivity contribution in [2.75, 3.05) is 0 Å². The van der Waals surface area contributed by atoms with E-state index in [-0.39, 0.29) is 28.1 Å². The zero-order chi connectivity index (χ0) is 15.0. The molecule has 0 radical (unpaired) electrons. The van der Waals surface area contributed by atoms with E-state index in [9.17, 15) is 9.59 Å². The Balaban J connectivity index is 1.91. The second kappa shape index (κ2) is 5.45. The van der Waals surface area contributed by atoms with Gasteiger partial charge in [0.15, 0.2) is 0 Å². The first-order valence-electron chi connectivity index (χ1n) is 6.05. The minimum atomic E-state index is -0.388. The summed E-state index contributed by atoms with van der Waals surface area (Å²) in [5.74, 6) is 0.0216. The quantitative estimate of drug-likeness (QED) is 0.744. The molecule has 0 unspecified atom stereocenters. The molecular formula is C13H10BrN3O3S. The van der Waals surface area contributed by atoms with Gasteiger partial charge in [0, 0.05) is 4.88 Å². The van der Waals surface area contributed by atoms with Gasteiger partial charge in [0.05, 0.1) is 22.2 Å². The lowest BCUT2D eigenvalue weighted by atomic mass is 10.2. The molecule has 0 aliphatic carbocycles. The Morgan fingerprint density at radius 1 is 1.52 bits per heavy atom. The van der Waals surface area contributed by atoms with Crippen LogP contribution in [0, 0.1) is 6.92 Å². The van der Waals surface area contributed by atoms with E-state index in [4.69, 9.17) is 4.42 Å². The third kappa shape index (κ3) is 2.64. The fraction of sp³-hybridized carbons (Fsp3) is 0.154. The number of amides is 1. The normalized spacial score (nSPS) is 11.0. The number of aromatic nitrogens is 2. The Bertz CT molecular complexity index is 880. The molecule has 0 bridgehead atoms. The van der Waals surface area contributed by atoms with Crippen LogP contribution in [0.15, 0.2) is 31.5 Å². The van der Waals surface area contributed by atoms with Gasteiger partial charge in [-0.15, -0.1) is 11.3 Å². The van der Waals surface area contributed by atoms with Crippen molar-refractivity contribution in [1.29, 1.82) is 0 Å². The highest BCUT2D eigenvalue weighted by molar-refractivity contribution is 9.11. The van der Waals surface area contributed by atoms with E-state index in [1.165, 1.54) is 17.7 Å². The lowest BCUT2D eigenvalue weighted by Crippen LogP contribution is -2.24. The number of thiophene rings is 1. The molecule has 3 aromatic rings. The van der Waals surface area contributed by atoms with E-state index in [1.807, 2.05) is 12.1 Å². The summed E-state index contributed by atoms with van der Waals surface area (Å²) in [5, 5.41) is 2.97. The van der Waals surface area contributed by atoms with Gasteiger partial charge in [-0.2, -0.15) is 0 Å². The molecule has 1 amide bonds. The number of hydrogen-bond donors (Lipinski definition) is 2. The van der Waals surface area contributed by atoms with Crippen LogP contribution in [0.4, 0.5) is 0 Å². The van der Waals surface area contributed by atoms with Crippen molar-refractivity contribution in [2.24, 2.45) is 0 Å². The molecule has 0 saturated heterocycles. The third-order valence-corrected chi connectivity index (χ3v) is 4.57. The van der Waals surface area contributed by atoms with Crippen molar-refractivity contribution in [3.63, 3.8) is 0 Å². The van der Waals surface area contributed by atoms with Crippen molar-refractivity contribution in [2.45, 2.75) is 13.5 Å². The van der Waals surface area contributed by atoms with Crippen molar-refractivity contribution in [3.8, 4) is 0 Å². The van der Waals surface area contributed by atoms with Gasteiger partial charge in [0.1, 0.15) is 11.1 Å². The van der Waals surface area contributed by atoms with Crippen molar-refractivity contribution < 1.29 is 9.21 Å². The van der Waals surface area contributed by atoms with Crippen LogP contribution in [0.2, 0.25) is 0 Å². The summed E-state index contributed by atoms with van der Waals surface area (Å²) in [6, 6.07) is 3.84. The molecule has 21 heavy (non-hydrogen) atoms. The van der Waals surface area contributed by atoms with E-state index >= 15 is 0 Å². The number of aromatic amines is 1. The number of rotatable bonds is 3. The van der Waals surface area contributed by atoms with Crippen LogP contribution in [0.3, 0.4) is 0 Å². The highest BCUT2D eigenvalue weighted by Crippen LogP contribution is 2.23. The van der Waals surface area contributed by atoms with Crippen molar-refractivity contribution >= 4 is 44.3 Å². The molecule has 0 atom stereocenters. The van der Waals surface area contributed by atoms with Gasteiger partial charge in [-0.1, -0.05) is 0 Å². The third-order valence-electron chi connectivity index (χ3n) is 2.95. The van der Waals surface area contributed by atoms with Crippen LogP contribution in [0.5, 0.6) is 0 Å². The summed E-state index contributed by atoms with van der Waals surface area (Å²) in [4.78, 5) is 31.5. The van der Waals surface area contributed by atoms with Crippen LogP contribution in [-0.2, 0) is 6.54 Å². The summed E-state index contributed by atoms with van der Waals surface area (Å²) in [5.41, 5.74) is 0.0103. The second-order valence-corrected chi connectivity index (χ2v) is 6.88. The number of nitrogens with one attached hydrogen (secondary N) is 2. The molecule has 3 rings (SSSR count). The first-order valence-corrected chi connectivity index (χ1v) is 7.66. The molecule has 0 aromatic carbocycles. The minimum Gasteiger partial charge on any atom is -0.442 e. The zero-order valence-corrected chi connectivity index (χ0v) is 13.3. The van der Waals surface area contributed by atoms with Gasteiger partial charge in [-0.05, 0) is 35.0 Å². The molecular weight excluding hydrogens is 358 g/mol. The molecule has 8 heteroatoms. The summed E-state index contributed by atoms with van der Waals surface area (Å²) < 4.78 is 6.36. The highest BCUT2D eigenvalue weighted by atomic mass is 79.9. The molecule has 108 valence electrons. The molecule has 6 nitrogen and oxygen atoms in total. The Morgan fingerprint density at radius 2 is 2.33 bits per heavy atom. The molecule has 3 heterocycles. The largest absolute Gasteiger partial charge is 0.442 e. The monoisotopic (exact) mass is 367 g/mol. The highest BCUT2D eigenvalue weighted by Gasteiger charge is 2.21. The van der Waals surface area contributed by atoms with Crippen molar-refractivity contribution in [1.82, 2.24) is 15.3 Å². The van der Waals surface area contributed by atoms with E-state index in [2.05, 4.69) is 31.2 Å². The first-order chi connectivity index (χ1) is 10.1. The Labute approximate surface area is 131 Å². The van der Waals surface area contributed by atoms with Gasteiger partial charge in [0.2, 0.25) is 5.71 Å². The Kier molecular flexibility index (Phi) is 3.64. The van der Waals surface area contributed by atoms with E-state index in [0.29, 0.717) is 12.3 Å².